The number of likely N-dealkylation sites (N-methyl/N-ethyl adjacent to an activating group) is 1. The van der Waals surface area contributed by atoms with Crippen LogP contribution in [0.5, 0.6) is 11.5 Å². The van der Waals surface area contributed by atoms with Crippen LogP contribution in [-0.4, -0.2) is 142 Å². The maximum Gasteiger partial charge on any atom is 0.416 e. The van der Waals surface area contributed by atoms with Crippen molar-refractivity contribution < 1.29 is 50.5 Å². The van der Waals surface area contributed by atoms with Gasteiger partial charge in [-0.2, -0.15) is 26.3 Å². The highest BCUT2D eigenvalue weighted by Gasteiger charge is 2.31. The Hall–Kier alpha value is -6.98. The number of carbonyl (C=O) groups is 2. The van der Waals surface area contributed by atoms with E-state index >= 15 is 0 Å². The van der Waals surface area contributed by atoms with Crippen LogP contribution in [-0.2, 0) is 21.9 Å². The maximum absolute atomic E-state index is 12.6. The summed E-state index contributed by atoms with van der Waals surface area (Å²) in [6.45, 7) is 10.4. The lowest BCUT2D eigenvalue weighted by molar-refractivity contribution is -0.138. The van der Waals surface area contributed by atoms with Crippen molar-refractivity contribution in [2.24, 2.45) is 0 Å². The second-order valence-electron chi connectivity index (χ2n) is 15.9. The van der Waals surface area contributed by atoms with Gasteiger partial charge in [0.25, 0.3) is 11.8 Å². The van der Waals surface area contributed by atoms with E-state index in [0.29, 0.717) is 57.7 Å². The van der Waals surface area contributed by atoms with Gasteiger partial charge in [0.15, 0.2) is 13.2 Å². The van der Waals surface area contributed by atoms with E-state index in [1.54, 1.807) is 24.3 Å². The largest absolute Gasteiger partial charge is 0.484 e. The Labute approximate surface area is 386 Å². The van der Waals surface area contributed by atoms with Crippen molar-refractivity contribution in [3.05, 3.63) is 95.3 Å². The van der Waals surface area contributed by atoms with E-state index in [0.717, 1.165) is 88.8 Å². The molecule has 68 heavy (non-hydrogen) atoms. The number of aromatic nitrogens is 6. The Morgan fingerprint density at radius 1 is 0.574 bits per heavy atom. The number of aliphatic hydroxyl groups excluding tert-OH is 1. The molecule has 8 rings (SSSR count). The van der Waals surface area contributed by atoms with Crippen LogP contribution >= 0.6 is 0 Å². The van der Waals surface area contributed by atoms with Gasteiger partial charge in [-0.05, 0) is 93.7 Å². The van der Waals surface area contributed by atoms with E-state index in [-0.39, 0.29) is 37.1 Å². The standard InChI is InChI=1S/C23H25F3N6O3.C22H23F3N6O2/c1-15-21-18(28-22(27-15)32-10-8-31(9-11-32)12-13-33)6-7-19(30-21)29-20(34)14-35-17-4-2-16(3-5-17)23(24,25)26;1-14-20-17(27-21(26-14)31-11-9-30(2)10-12-31)7-8-18(29-20)28-19(32)13-33-16-5-3-15(4-6-16)22(23,24)25/h2-7,33H,8-14H2,1H3,(H,29,30,34);3-8H,9-13H2,1-2H3,(H,28,29,32). The predicted molar refractivity (Wildman–Crippen MR) is 241 cm³/mol. The summed E-state index contributed by atoms with van der Waals surface area (Å²) in [5.74, 6) is 1.18. The molecule has 6 aromatic rings. The summed E-state index contributed by atoms with van der Waals surface area (Å²) in [6, 6.07) is 15.0. The van der Waals surface area contributed by atoms with Crippen molar-refractivity contribution in [2.45, 2.75) is 26.2 Å². The van der Waals surface area contributed by atoms with Gasteiger partial charge in [-0.1, -0.05) is 0 Å². The Kier molecular flexibility index (Phi) is 15.3. The Bertz CT molecular complexity index is 2700. The molecule has 4 aromatic heterocycles. The van der Waals surface area contributed by atoms with Gasteiger partial charge in [0.05, 0.1) is 40.2 Å². The van der Waals surface area contributed by atoms with Gasteiger partial charge in [0.1, 0.15) is 34.2 Å². The average molecular weight is 951 g/mol. The van der Waals surface area contributed by atoms with E-state index in [1.807, 2.05) is 13.8 Å². The van der Waals surface area contributed by atoms with Gasteiger partial charge >= 0.3 is 12.4 Å². The van der Waals surface area contributed by atoms with Crippen LogP contribution in [0.1, 0.15) is 22.5 Å². The quantitative estimate of drug-likeness (QED) is 0.129. The average Bonchev–Trinajstić information content (AvgIpc) is 3.31. The molecule has 2 saturated heterocycles. The number of hydrogen-bond donors (Lipinski definition) is 3. The molecular formula is C45H48F6N12O5. The van der Waals surface area contributed by atoms with Crippen LogP contribution in [0.3, 0.4) is 0 Å². The minimum Gasteiger partial charge on any atom is -0.484 e. The van der Waals surface area contributed by atoms with Crippen molar-refractivity contribution in [2.75, 3.05) is 106 Å². The molecule has 23 heteroatoms. The lowest BCUT2D eigenvalue weighted by atomic mass is 10.2. The third-order valence-corrected chi connectivity index (χ3v) is 10.9. The monoisotopic (exact) mass is 950 g/mol. The fourth-order valence-corrected chi connectivity index (χ4v) is 7.17. The molecule has 2 fully saturated rings. The fraction of sp³-hybridized carbons (Fsp3) is 0.378. The van der Waals surface area contributed by atoms with Crippen molar-refractivity contribution >= 4 is 57.4 Å². The molecular weight excluding hydrogens is 903 g/mol. The smallest absolute Gasteiger partial charge is 0.416 e. The van der Waals surface area contributed by atoms with Crippen LogP contribution in [0, 0.1) is 13.8 Å². The molecule has 2 aromatic carbocycles. The van der Waals surface area contributed by atoms with Crippen molar-refractivity contribution in [3.8, 4) is 11.5 Å². The molecule has 0 spiro atoms. The van der Waals surface area contributed by atoms with Gasteiger partial charge in [-0.15, -0.1) is 0 Å². The van der Waals surface area contributed by atoms with Crippen LogP contribution < -0.4 is 29.9 Å². The summed E-state index contributed by atoms with van der Waals surface area (Å²) >= 11 is 0. The zero-order valence-corrected chi connectivity index (χ0v) is 37.2. The highest BCUT2D eigenvalue weighted by molar-refractivity contribution is 5.93. The molecule has 360 valence electrons. The molecule has 0 bridgehead atoms. The highest BCUT2D eigenvalue weighted by Crippen LogP contribution is 2.31. The number of pyridine rings is 2. The molecule has 17 nitrogen and oxygen atoms in total. The summed E-state index contributed by atoms with van der Waals surface area (Å²) in [6.07, 6.45) is -8.86. The summed E-state index contributed by atoms with van der Waals surface area (Å²) in [5.41, 5.74) is 2.24. The molecule has 3 N–H and O–H groups in total. The normalized spacial score (nSPS) is 14.9. The maximum atomic E-state index is 12.6. The van der Waals surface area contributed by atoms with E-state index in [4.69, 9.17) is 14.6 Å². The van der Waals surface area contributed by atoms with Crippen LogP contribution in [0.15, 0.2) is 72.8 Å². The van der Waals surface area contributed by atoms with E-state index in [9.17, 15) is 35.9 Å². The first-order chi connectivity index (χ1) is 32.4. The Morgan fingerprint density at radius 2 is 0.971 bits per heavy atom. The molecule has 2 aliphatic rings. The lowest BCUT2D eigenvalue weighted by Crippen LogP contribution is -2.47. The molecule has 0 unspecified atom stereocenters. The number of fused-ring (bicyclic) bond motifs is 2. The number of hydrogen-bond acceptors (Lipinski definition) is 15. The first kappa shape index (κ1) is 48.9. The number of benzene rings is 2. The Morgan fingerprint density at radius 3 is 1.35 bits per heavy atom. The first-order valence-electron chi connectivity index (χ1n) is 21.4. The summed E-state index contributed by atoms with van der Waals surface area (Å²) < 4.78 is 86.3. The third kappa shape index (κ3) is 12.9. The number of halogens is 6. The number of anilines is 4. The highest BCUT2D eigenvalue weighted by atomic mass is 19.4. The minimum absolute atomic E-state index is 0.136. The Balaban J connectivity index is 0.000000202. The van der Waals surface area contributed by atoms with Gasteiger partial charge in [-0.25, -0.2) is 29.9 Å². The van der Waals surface area contributed by atoms with Gasteiger partial charge in [0, 0.05) is 58.9 Å². The van der Waals surface area contributed by atoms with Crippen LogP contribution in [0.4, 0.5) is 49.9 Å². The number of aliphatic hydroxyl groups is 1. The van der Waals surface area contributed by atoms with Crippen LogP contribution in [0.2, 0.25) is 0 Å². The molecule has 0 aliphatic carbocycles. The number of ether oxygens (including phenoxy) is 2. The predicted octanol–water partition coefficient (Wildman–Crippen LogP) is 5.61. The van der Waals surface area contributed by atoms with Gasteiger partial charge < -0.3 is 39.9 Å². The number of nitrogens with one attached hydrogen (secondary N) is 2. The van der Waals surface area contributed by atoms with Gasteiger partial charge in [-0.3, -0.25) is 14.5 Å². The number of amides is 2. The minimum atomic E-state index is -4.43. The van der Waals surface area contributed by atoms with E-state index < -0.39 is 35.3 Å². The topological polar surface area (TPSA) is 187 Å². The second-order valence-corrected chi connectivity index (χ2v) is 15.9. The molecule has 6 heterocycles. The number of piperazine rings is 2. The fourth-order valence-electron chi connectivity index (χ4n) is 7.17. The van der Waals surface area contributed by atoms with Crippen molar-refractivity contribution in [1.82, 2.24) is 39.7 Å². The van der Waals surface area contributed by atoms with Gasteiger partial charge in [0.2, 0.25) is 11.9 Å². The van der Waals surface area contributed by atoms with Crippen LogP contribution in [0.25, 0.3) is 22.1 Å². The summed E-state index contributed by atoms with van der Waals surface area (Å²) in [5, 5.41) is 14.3. The zero-order valence-electron chi connectivity index (χ0n) is 37.2. The summed E-state index contributed by atoms with van der Waals surface area (Å²) in [4.78, 5) is 60.4. The number of carbonyl (C=O) groups excluding carboxylic acids is 2. The van der Waals surface area contributed by atoms with E-state index in [2.05, 4.69) is 67.2 Å². The van der Waals surface area contributed by atoms with E-state index in [1.165, 1.54) is 12.1 Å². The second kappa shape index (κ2) is 21.3. The molecule has 2 amide bonds. The zero-order chi connectivity index (χ0) is 48.6. The lowest BCUT2D eigenvalue weighted by Gasteiger charge is -2.34. The molecule has 0 radical (unpaired) electrons. The molecule has 2 aliphatic heterocycles. The number of alkyl halides is 6. The number of aryl methyl sites for hydroxylation is 2. The number of nitrogens with zero attached hydrogens (tertiary/aromatic N) is 10. The molecule has 0 saturated carbocycles. The SMILES string of the molecule is Cc1nc(N2CCN(C)CC2)nc2ccc(NC(=O)COc3ccc(C(F)(F)F)cc3)nc12.Cc1nc(N2CCN(CCO)CC2)nc2ccc(NC(=O)COc3ccc(C(F)(F)F)cc3)nc12. The number of rotatable bonds is 12. The van der Waals surface area contributed by atoms with Crippen molar-refractivity contribution in [1.29, 1.82) is 0 Å². The number of β-amino-alcohol motifs (C(OH)–C–C–N with tert-alkyl or cyclic N) is 1. The molecule has 0 atom stereocenters. The third-order valence-electron chi connectivity index (χ3n) is 10.9. The summed E-state index contributed by atoms with van der Waals surface area (Å²) in [7, 11) is 2.08. The van der Waals surface area contributed by atoms with Crippen molar-refractivity contribution in [3.63, 3.8) is 0 Å². The first-order valence-corrected chi connectivity index (χ1v) is 21.4.